The van der Waals surface area contributed by atoms with Gasteiger partial charge in [0.2, 0.25) is 0 Å². The molecule has 5 nitrogen and oxygen atoms in total. The molecule has 25 heavy (non-hydrogen) atoms. The summed E-state index contributed by atoms with van der Waals surface area (Å²) in [6.45, 7) is 1.85. The van der Waals surface area contributed by atoms with Crippen LogP contribution < -0.4 is 4.74 Å². The summed E-state index contributed by atoms with van der Waals surface area (Å²) in [4.78, 5) is 11.0. The van der Waals surface area contributed by atoms with Gasteiger partial charge >= 0.3 is 0 Å². The van der Waals surface area contributed by atoms with Crippen LogP contribution >= 0.6 is 0 Å². The van der Waals surface area contributed by atoms with E-state index in [4.69, 9.17) is 4.74 Å². The first kappa shape index (κ1) is 17.2. The number of rotatable bonds is 6. The summed E-state index contributed by atoms with van der Waals surface area (Å²) in [5.74, 6) is 0.644. The predicted octanol–water partition coefficient (Wildman–Crippen LogP) is 3.33. The maximum Gasteiger partial charge on any atom is 0.268 e. The fourth-order valence-corrected chi connectivity index (χ4v) is 4.37. The van der Waals surface area contributed by atoms with Crippen LogP contribution in [0.2, 0.25) is 0 Å². The minimum absolute atomic E-state index is 0.238. The van der Waals surface area contributed by atoms with Crippen molar-refractivity contribution < 1.29 is 17.9 Å². The number of carbonyl (C=O) groups is 1. The van der Waals surface area contributed by atoms with Crippen LogP contribution in [0.1, 0.15) is 17.5 Å². The molecule has 6 heteroatoms. The van der Waals surface area contributed by atoms with E-state index in [1.54, 1.807) is 49.7 Å². The van der Waals surface area contributed by atoms with Gasteiger partial charge < -0.3 is 9.53 Å². The highest BCUT2D eigenvalue weighted by molar-refractivity contribution is 7.90. The second-order valence-electron chi connectivity index (χ2n) is 5.86. The standard InChI is InChI=1S/C19H19NO4S/c1-14-5-3-7-17(11-14)25(22,23)20-13-15(6-4-10-21)18-12-16(24-2)8-9-19(18)20/h3,5,7-13H,4,6H2,1-2H3. The molecule has 0 spiro atoms. The van der Waals surface area contributed by atoms with E-state index >= 15 is 0 Å². The molecule has 130 valence electrons. The lowest BCUT2D eigenvalue weighted by atomic mass is 10.1. The van der Waals surface area contributed by atoms with Crippen molar-refractivity contribution >= 4 is 27.2 Å². The van der Waals surface area contributed by atoms with E-state index in [1.807, 2.05) is 13.0 Å². The monoisotopic (exact) mass is 357 g/mol. The van der Waals surface area contributed by atoms with E-state index in [0.717, 1.165) is 22.8 Å². The number of methoxy groups -OCH3 is 1. The third kappa shape index (κ3) is 3.17. The van der Waals surface area contributed by atoms with Gasteiger partial charge in [0.05, 0.1) is 17.5 Å². The first-order chi connectivity index (χ1) is 12.0. The van der Waals surface area contributed by atoms with Crippen LogP contribution in [0.25, 0.3) is 10.9 Å². The second kappa shape index (κ2) is 6.72. The molecule has 3 rings (SSSR count). The van der Waals surface area contributed by atoms with Crippen molar-refractivity contribution in [2.75, 3.05) is 7.11 Å². The summed E-state index contributed by atoms with van der Waals surface area (Å²) in [6, 6.07) is 12.1. The third-order valence-electron chi connectivity index (χ3n) is 4.14. The van der Waals surface area contributed by atoms with Crippen molar-refractivity contribution in [2.45, 2.75) is 24.7 Å². The summed E-state index contributed by atoms with van der Waals surface area (Å²) in [5.41, 5.74) is 2.25. The number of ether oxygens (including phenoxy) is 1. The van der Waals surface area contributed by atoms with Gasteiger partial charge in [-0.25, -0.2) is 12.4 Å². The van der Waals surface area contributed by atoms with Crippen LogP contribution in [-0.4, -0.2) is 25.8 Å². The van der Waals surface area contributed by atoms with Crippen LogP contribution in [-0.2, 0) is 21.2 Å². The Bertz CT molecular complexity index is 1030. The van der Waals surface area contributed by atoms with Crippen molar-refractivity contribution in [3.63, 3.8) is 0 Å². The van der Waals surface area contributed by atoms with Crippen LogP contribution in [0.5, 0.6) is 5.75 Å². The molecule has 0 amide bonds. The molecule has 0 radical (unpaired) electrons. The zero-order valence-electron chi connectivity index (χ0n) is 14.1. The normalized spacial score (nSPS) is 11.6. The van der Waals surface area contributed by atoms with E-state index in [-0.39, 0.29) is 4.90 Å². The van der Waals surface area contributed by atoms with E-state index in [1.165, 1.54) is 3.97 Å². The Kier molecular flexibility index (Phi) is 4.63. The molecule has 0 saturated heterocycles. The predicted molar refractivity (Wildman–Crippen MR) is 96.6 cm³/mol. The van der Waals surface area contributed by atoms with Crippen molar-refractivity contribution in [3.8, 4) is 5.75 Å². The average Bonchev–Trinajstić information content (AvgIpc) is 2.98. The number of aromatic nitrogens is 1. The Morgan fingerprint density at radius 3 is 2.64 bits per heavy atom. The van der Waals surface area contributed by atoms with Gasteiger partial charge in [0.25, 0.3) is 10.0 Å². The van der Waals surface area contributed by atoms with Crippen LogP contribution in [0.15, 0.2) is 53.6 Å². The van der Waals surface area contributed by atoms with Gasteiger partial charge in [-0.2, -0.15) is 0 Å². The molecule has 0 N–H and O–H groups in total. The minimum atomic E-state index is -3.72. The molecular weight excluding hydrogens is 338 g/mol. The van der Waals surface area contributed by atoms with Crippen molar-refractivity contribution in [3.05, 3.63) is 59.8 Å². The Morgan fingerprint density at radius 2 is 1.96 bits per heavy atom. The molecule has 0 unspecified atom stereocenters. The van der Waals surface area contributed by atoms with E-state index in [0.29, 0.717) is 24.1 Å². The topological polar surface area (TPSA) is 65.4 Å². The Hall–Kier alpha value is -2.60. The lowest BCUT2D eigenvalue weighted by Gasteiger charge is -2.08. The number of carbonyl (C=O) groups excluding carboxylic acids is 1. The first-order valence-electron chi connectivity index (χ1n) is 7.91. The van der Waals surface area contributed by atoms with E-state index < -0.39 is 10.0 Å². The highest BCUT2D eigenvalue weighted by atomic mass is 32.2. The van der Waals surface area contributed by atoms with E-state index in [2.05, 4.69) is 0 Å². The maximum absolute atomic E-state index is 13.1. The SMILES string of the molecule is COc1ccc2c(c1)c(CCC=O)cn2S(=O)(=O)c1cccc(C)c1. The van der Waals surface area contributed by atoms with Gasteiger partial charge in [-0.1, -0.05) is 12.1 Å². The molecule has 0 saturated carbocycles. The highest BCUT2D eigenvalue weighted by Gasteiger charge is 2.21. The molecule has 3 aromatic rings. The average molecular weight is 357 g/mol. The van der Waals surface area contributed by atoms with Gasteiger partial charge in [0, 0.05) is 18.0 Å². The maximum atomic E-state index is 13.1. The van der Waals surface area contributed by atoms with Crippen LogP contribution in [0, 0.1) is 6.92 Å². The molecular formula is C19H19NO4S. The second-order valence-corrected chi connectivity index (χ2v) is 7.68. The molecule has 0 bridgehead atoms. The lowest BCUT2D eigenvalue weighted by molar-refractivity contribution is -0.107. The Morgan fingerprint density at radius 1 is 1.16 bits per heavy atom. The summed E-state index contributed by atoms with van der Waals surface area (Å²) in [6.07, 6.45) is 3.24. The van der Waals surface area contributed by atoms with Gasteiger partial charge in [-0.05, 0) is 54.8 Å². The molecule has 1 aromatic heterocycles. The van der Waals surface area contributed by atoms with E-state index in [9.17, 15) is 13.2 Å². The van der Waals surface area contributed by atoms with Crippen LogP contribution in [0.3, 0.4) is 0 Å². The van der Waals surface area contributed by atoms with Crippen molar-refractivity contribution in [1.29, 1.82) is 0 Å². The smallest absolute Gasteiger partial charge is 0.268 e. The number of benzene rings is 2. The third-order valence-corrected chi connectivity index (χ3v) is 5.81. The minimum Gasteiger partial charge on any atom is -0.497 e. The van der Waals surface area contributed by atoms with Gasteiger partial charge in [-0.15, -0.1) is 0 Å². The zero-order valence-corrected chi connectivity index (χ0v) is 14.9. The summed E-state index contributed by atoms with van der Waals surface area (Å²) in [5, 5.41) is 0.775. The molecule has 0 atom stereocenters. The van der Waals surface area contributed by atoms with Crippen molar-refractivity contribution in [2.24, 2.45) is 0 Å². The lowest BCUT2D eigenvalue weighted by Crippen LogP contribution is -2.12. The molecule has 0 aliphatic carbocycles. The number of aldehydes is 1. The van der Waals surface area contributed by atoms with Gasteiger partial charge in [-0.3, -0.25) is 0 Å². The van der Waals surface area contributed by atoms with Crippen LogP contribution in [0.4, 0.5) is 0 Å². The van der Waals surface area contributed by atoms with Gasteiger partial charge in [0.1, 0.15) is 12.0 Å². The largest absolute Gasteiger partial charge is 0.497 e. The fraction of sp³-hybridized carbons (Fsp3) is 0.211. The number of hydrogen-bond donors (Lipinski definition) is 0. The Labute approximate surface area is 146 Å². The van der Waals surface area contributed by atoms with Crippen molar-refractivity contribution in [1.82, 2.24) is 3.97 Å². The molecule has 0 aliphatic heterocycles. The molecule has 0 fully saturated rings. The fourth-order valence-electron chi connectivity index (χ4n) is 2.87. The van der Waals surface area contributed by atoms with Gasteiger partial charge in [0.15, 0.2) is 0 Å². The molecule has 2 aromatic carbocycles. The number of fused-ring (bicyclic) bond motifs is 1. The summed E-state index contributed by atoms with van der Waals surface area (Å²) >= 11 is 0. The summed E-state index contributed by atoms with van der Waals surface area (Å²) < 4.78 is 32.7. The quantitative estimate of drug-likeness (QED) is 0.635. The zero-order chi connectivity index (χ0) is 18.0. The number of aryl methyl sites for hydroxylation is 2. The number of hydrogen-bond acceptors (Lipinski definition) is 4. The first-order valence-corrected chi connectivity index (χ1v) is 9.35. The highest BCUT2D eigenvalue weighted by Crippen LogP contribution is 2.30. The molecule has 1 heterocycles. The summed E-state index contributed by atoms with van der Waals surface area (Å²) in [7, 11) is -2.16. The Balaban J connectivity index is 2.23. The molecule has 0 aliphatic rings. The number of nitrogens with zero attached hydrogens (tertiary/aromatic N) is 1.